The number of carbonyl (C=O) groups is 1. The zero-order valence-corrected chi connectivity index (χ0v) is 11.2. The van der Waals surface area contributed by atoms with Gasteiger partial charge in [0.1, 0.15) is 23.0 Å². The van der Waals surface area contributed by atoms with Crippen molar-refractivity contribution in [2.75, 3.05) is 0 Å². The molecule has 0 saturated carbocycles. The molecule has 110 valence electrons. The van der Waals surface area contributed by atoms with Crippen LogP contribution in [0.4, 0.5) is 0 Å². The zero-order valence-electron chi connectivity index (χ0n) is 11.2. The number of benzene rings is 2. The third kappa shape index (κ3) is 3.56. The number of hydrogen-bond acceptors (Lipinski definition) is 5. The van der Waals surface area contributed by atoms with Gasteiger partial charge in [0.05, 0.1) is 0 Å². The van der Waals surface area contributed by atoms with Gasteiger partial charge in [-0.1, -0.05) is 0 Å². The summed E-state index contributed by atoms with van der Waals surface area (Å²) in [5.41, 5.74) is 0. The Balaban J connectivity index is 2.21. The van der Waals surface area contributed by atoms with E-state index in [-0.39, 0.29) is 23.0 Å². The van der Waals surface area contributed by atoms with Gasteiger partial charge in [0.25, 0.3) is 0 Å². The van der Waals surface area contributed by atoms with Gasteiger partial charge in [-0.15, -0.1) is 0 Å². The summed E-state index contributed by atoms with van der Waals surface area (Å²) in [6, 6.07) is 11.2. The predicted molar refractivity (Wildman–Crippen MR) is 73.5 cm³/mol. The van der Waals surface area contributed by atoms with Crippen molar-refractivity contribution in [2.24, 2.45) is 0 Å². The van der Waals surface area contributed by atoms with Crippen LogP contribution < -0.4 is 9.47 Å². The molecule has 0 unspecified atom stereocenters. The Morgan fingerprint density at radius 3 is 1.48 bits per heavy atom. The Morgan fingerprint density at radius 2 is 1.19 bits per heavy atom. The van der Waals surface area contributed by atoms with Crippen molar-refractivity contribution >= 4 is 5.97 Å². The molecular formula is C15H14O6. The van der Waals surface area contributed by atoms with Gasteiger partial charge >= 0.3 is 11.8 Å². The van der Waals surface area contributed by atoms with Crippen LogP contribution in [0.15, 0.2) is 48.5 Å². The largest absolute Gasteiger partial charge is 0.508 e. The lowest BCUT2D eigenvalue weighted by atomic mass is 10.2. The van der Waals surface area contributed by atoms with Crippen LogP contribution in [-0.2, 0) is 4.79 Å². The minimum absolute atomic E-state index is 0.0406. The van der Waals surface area contributed by atoms with Crippen LogP contribution in [0.2, 0.25) is 0 Å². The number of hydrogen-bond donors (Lipinski definition) is 3. The molecule has 6 heteroatoms. The van der Waals surface area contributed by atoms with E-state index in [1.54, 1.807) is 0 Å². The maximum Gasteiger partial charge on any atom is 0.390 e. The fourth-order valence-electron chi connectivity index (χ4n) is 1.59. The van der Waals surface area contributed by atoms with E-state index in [2.05, 4.69) is 0 Å². The van der Waals surface area contributed by atoms with Crippen LogP contribution in [0.3, 0.4) is 0 Å². The van der Waals surface area contributed by atoms with Gasteiger partial charge in [0, 0.05) is 6.92 Å². The molecule has 2 aromatic carbocycles. The number of carboxylic acids is 1. The predicted octanol–water partition coefficient (Wildman–Crippen LogP) is 2.36. The SMILES string of the molecule is CC(Oc1ccc(O)cc1)(Oc1ccc(O)cc1)C(=O)O. The second-order valence-electron chi connectivity index (χ2n) is 4.44. The van der Waals surface area contributed by atoms with Crippen molar-refractivity contribution in [1.29, 1.82) is 0 Å². The highest BCUT2D eigenvalue weighted by atomic mass is 16.7. The van der Waals surface area contributed by atoms with Gasteiger partial charge in [-0.2, -0.15) is 0 Å². The van der Waals surface area contributed by atoms with Gasteiger partial charge in [-0.25, -0.2) is 4.79 Å². The molecule has 0 heterocycles. The minimum Gasteiger partial charge on any atom is -0.508 e. The molecule has 0 amide bonds. The lowest BCUT2D eigenvalue weighted by Gasteiger charge is -2.27. The summed E-state index contributed by atoms with van der Waals surface area (Å²) in [5.74, 6) is -2.72. The molecule has 0 aliphatic heterocycles. The number of ether oxygens (including phenoxy) is 2. The second kappa shape index (κ2) is 5.62. The van der Waals surface area contributed by atoms with E-state index < -0.39 is 11.8 Å². The Kier molecular flexibility index (Phi) is 3.89. The molecule has 0 bridgehead atoms. The lowest BCUT2D eigenvalue weighted by Crippen LogP contribution is -2.47. The highest BCUT2D eigenvalue weighted by Gasteiger charge is 2.38. The molecule has 0 fully saturated rings. The molecule has 0 aromatic heterocycles. The van der Waals surface area contributed by atoms with E-state index in [0.29, 0.717) is 0 Å². The summed E-state index contributed by atoms with van der Waals surface area (Å²) in [4.78, 5) is 11.4. The van der Waals surface area contributed by atoms with E-state index >= 15 is 0 Å². The number of phenols is 2. The van der Waals surface area contributed by atoms with Crippen molar-refractivity contribution in [3.63, 3.8) is 0 Å². The van der Waals surface area contributed by atoms with Crippen molar-refractivity contribution < 1.29 is 29.6 Å². The topological polar surface area (TPSA) is 96.2 Å². The van der Waals surface area contributed by atoms with E-state index in [1.165, 1.54) is 55.5 Å². The van der Waals surface area contributed by atoms with Gasteiger partial charge in [0.15, 0.2) is 0 Å². The molecule has 0 spiro atoms. The molecule has 2 rings (SSSR count). The molecular weight excluding hydrogens is 276 g/mol. The normalized spacial score (nSPS) is 10.9. The Morgan fingerprint density at radius 1 is 0.857 bits per heavy atom. The number of aromatic hydroxyl groups is 2. The molecule has 21 heavy (non-hydrogen) atoms. The van der Waals surface area contributed by atoms with Crippen LogP contribution >= 0.6 is 0 Å². The summed E-state index contributed by atoms with van der Waals surface area (Å²) < 4.78 is 10.7. The van der Waals surface area contributed by atoms with Crippen LogP contribution in [-0.4, -0.2) is 27.1 Å². The molecule has 0 aliphatic rings. The lowest BCUT2D eigenvalue weighted by molar-refractivity contribution is -0.181. The van der Waals surface area contributed by atoms with Gasteiger partial charge < -0.3 is 24.8 Å². The molecule has 6 nitrogen and oxygen atoms in total. The van der Waals surface area contributed by atoms with Gasteiger partial charge in [-0.3, -0.25) is 0 Å². The van der Waals surface area contributed by atoms with E-state index in [1.807, 2.05) is 0 Å². The average molecular weight is 290 g/mol. The van der Waals surface area contributed by atoms with E-state index in [4.69, 9.17) is 9.47 Å². The monoisotopic (exact) mass is 290 g/mol. The van der Waals surface area contributed by atoms with Crippen molar-refractivity contribution in [3.05, 3.63) is 48.5 Å². The fraction of sp³-hybridized carbons (Fsp3) is 0.133. The fourth-order valence-corrected chi connectivity index (χ4v) is 1.59. The molecule has 0 saturated heterocycles. The zero-order chi connectivity index (χ0) is 15.5. The summed E-state index contributed by atoms with van der Waals surface area (Å²) in [6.45, 7) is 1.26. The minimum atomic E-state index is -1.95. The molecule has 2 aromatic rings. The first-order chi connectivity index (χ1) is 9.89. The average Bonchev–Trinajstić information content (AvgIpc) is 2.44. The van der Waals surface area contributed by atoms with E-state index in [0.717, 1.165) is 0 Å². The van der Waals surface area contributed by atoms with Crippen molar-refractivity contribution in [1.82, 2.24) is 0 Å². The number of aliphatic carboxylic acids is 1. The van der Waals surface area contributed by atoms with Crippen molar-refractivity contribution in [2.45, 2.75) is 12.7 Å². The van der Waals surface area contributed by atoms with Gasteiger partial charge in [0.2, 0.25) is 0 Å². The summed E-state index contributed by atoms with van der Waals surface area (Å²) in [5, 5.41) is 27.7. The Hall–Kier alpha value is -2.89. The first-order valence-electron chi connectivity index (χ1n) is 6.08. The first-order valence-corrected chi connectivity index (χ1v) is 6.08. The third-order valence-electron chi connectivity index (χ3n) is 2.69. The highest BCUT2D eigenvalue weighted by molar-refractivity contribution is 5.76. The summed E-state index contributed by atoms with van der Waals surface area (Å²) >= 11 is 0. The Labute approximate surface area is 120 Å². The second-order valence-corrected chi connectivity index (χ2v) is 4.44. The maximum atomic E-state index is 11.4. The quantitative estimate of drug-likeness (QED) is 0.731. The van der Waals surface area contributed by atoms with Crippen LogP contribution in [0, 0.1) is 0 Å². The maximum absolute atomic E-state index is 11.4. The van der Waals surface area contributed by atoms with Crippen molar-refractivity contribution in [3.8, 4) is 23.0 Å². The highest BCUT2D eigenvalue weighted by Crippen LogP contribution is 2.26. The van der Waals surface area contributed by atoms with Crippen LogP contribution in [0.25, 0.3) is 0 Å². The summed E-state index contributed by atoms with van der Waals surface area (Å²) in [7, 11) is 0. The van der Waals surface area contributed by atoms with Gasteiger partial charge in [-0.05, 0) is 48.5 Å². The smallest absolute Gasteiger partial charge is 0.390 e. The van der Waals surface area contributed by atoms with E-state index in [9.17, 15) is 20.1 Å². The number of carboxylic acid groups (broad SMARTS) is 1. The van der Waals surface area contributed by atoms with Crippen LogP contribution in [0.1, 0.15) is 6.92 Å². The summed E-state index contributed by atoms with van der Waals surface area (Å²) in [6.07, 6.45) is 0. The molecule has 3 N–H and O–H groups in total. The molecule has 0 aliphatic carbocycles. The third-order valence-corrected chi connectivity index (χ3v) is 2.69. The van der Waals surface area contributed by atoms with Crippen LogP contribution in [0.5, 0.6) is 23.0 Å². The Bertz CT molecular complexity index is 570. The molecule has 0 radical (unpaired) electrons. The standard InChI is InChI=1S/C15H14O6/c1-15(14(18)19,20-12-6-2-10(16)3-7-12)21-13-8-4-11(17)5-9-13/h2-9,16-17H,1H3,(H,18,19). The number of rotatable bonds is 5. The molecule has 0 atom stereocenters. The number of phenolic OH excluding ortho intramolecular Hbond substituents is 2. The first kappa shape index (κ1) is 14.5.